The average molecular weight is 362 g/mol. The lowest BCUT2D eigenvalue weighted by Crippen LogP contribution is -2.32. The summed E-state index contributed by atoms with van der Waals surface area (Å²) in [7, 11) is 0. The standard InChI is InChI=1S/C17H23N5S2/c1-4-10-18-16(23)22-21-12(3)13-6-8-14(9-7-13)20-17-19-11-15(5-2)24-17/h4,6-9,15H,1,5,10-11H2,2-3H3,(H,19,20)(H2,18,22,23)/b21-12-/t15-/m0/s1. The second kappa shape index (κ2) is 9.44. The molecule has 0 spiro atoms. The van der Waals surface area contributed by atoms with E-state index in [9.17, 15) is 0 Å². The topological polar surface area (TPSA) is 60.8 Å². The van der Waals surface area contributed by atoms with Gasteiger partial charge in [-0.05, 0) is 43.3 Å². The molecule has 1 aromatic carbocycles. The van der Waals surface area contributed by atoms with Crippen LogP contribution in [0.3, 0.4) is 0 Å². The van der Waals surface area contributed by atoms with Gasteiger partial charge in [-0.2, -0.15) is 5.10 Å². The van der Waals surface area contributed by atoms with Crippen molar-refractivity contribution in [2.45, 2.75) is 25.5 Å². The molecule has 7 heteroatoms. The number of hydrogen-bond acceptors (Lipinski definition) is 5. The Labute approximate surface area is 153 Å². The minimum absolute atomic E-state index is 0.481. The predicted molar refractivity (Wildman–Crippen MR) is 110 cm³/mol. The van der Waals surface area contributed by atoms with Gasteiger partial charge in [0.2, 0.25) is 0 Å². The van der Waals surface area contributed by atoms with Gasteiger partial charge in [-0.3, -0.25) is 10.4 Å². The van der Waals surface area contributed by atoms with Crippen molar-refractivity contribution in [1.82, 2.24) is 10.7 Å². The van der Waals surface area contributed by atoms with E-state index in [0.29, 0.717) is 16.9 Å². The van der Waals surface area contributed by atoms with Crippen molar-refractivity contribution < 1.29 is 0 Å². The van der Waals surface area contributed by atoms with E-state index in [0.717, 1.165) is 35.1 Å². The van der Waals surface area contributed by atoms with Crippen LogP contribution in [0, 0.1) is 0 Å². The quantitative estimate of drug-likeness (QED) is 0.314. The average Bonchev–Trinajstić information content (AvgIpc) is 3.06. The molecule has 2 rings (SSSR count). The van der Waals surface area contributed by atoms with Gasteiger partial charge in [-0.25, -0.2) is 0 Å². The van der Waals surface area contributed by atoms with Gasteiger partial charge >= 0.3 is 0 Å². The van der Waals surface area contributed by atoms with Gasteiger partial charge in [0.25, 0.3) is 0 Å². The van der Waals surface area contributed by atoms with Crippen LogP contribution in [0.4, 0.5) is 5.69 Å². The SMILES string of the molecule is C=CCNC(=S)N/N=C(/C)c1ccc(NC2=NC[C@H](CC)S2)cc1. The summed E-state index contributed by atoms with van der Waals surface area (Å²) in [4.78, 5) is 4.52. The first kappa shape index (κ1) is 18.5. The minimum Gasteiger partial charge on any atom is -0.358 e. The molecule has 1 atom stereocenters. The summed E-state index contributed by atoms with van der Waals surface area (Å²) in [5, 5.41) is 12.7. The van der Waals surface area contributed by atoms with Crippen molar-refractivity contribution in [2.24, 2.45) is 10.1 Å². The fourth-order valence-electron chi connectivity index (χ4n) is 2.02. The van der Waals surface area contributed by atoms with E-state index in [2.05, 4.69) is 39.7 Å². The number of benzene rings is 1. The Morgan fingerprint density at radius 1 is 1.46 bits per heavy atom. The third-order valence-corrected chi connectivity index (χ3v) is 4.96. The number of thioether (sulfide) groups is 1. The molecular weight excluding hydrogens is 338 g/mol. The van der Waals surface area contributed by atoms with Crippen LogP contribution in [-0.4, -0.2) is 34.3 Å². The maximum absolute atomic E-state index is 5.11. The first-order chi connectivity index (χ1) is 11.6. The second-order valence-electron chi connectivity index (χ2n) is 5.30. The molecule has 0 aliphatic carbocycles. The third kappa shape index (κ3) is 5.65. The number of nitrogens with zero attached hydrogens (tertiary/aromatic N) is 2. The van der Waals surface area contributed by atoms with E-state index in [1.807, 2.05) is 43.0 Å². The van der Waals surface area contributed by atoms with E-state index < -0.39 is 0 Å². The van der Waals surface area contributed by atoms with Gasteiger partial charge in [0.15, 0.2) is 10.3 Å². The molecule has 1 aliphatic heterocycles. The van der Waals surface area contributed by atoms with Crippen LogP contribution in [0.25, 0.3) is 0 Å². The van der Waals surface area contributed by atoms with Crippen molar-refractivity contribution in [1.29, 1.82) is 0 Å². The number of nitrogens with one attached hydrogen (secondary N) is 3. The largest absolute Gasteiger partial charge is 0.358 e. The Hall–Kier alpha value is -1.86. The Bertz CT molecular complexity index is 637. The molecule has 0 radical (unpaired) electrons. The van der Waals surface area contributed by atoms with Gasteiger partial charge in [0, 0.05) is 17.5 Å². The Morgan fingerprint density at radius 2 is 2.21 bits per heavy atom. The Morgan fingerprint density at radius 3 is 2.83 bits per heavy atom. The van der Waals surface area contributed by atoms with Crippen molar-refractivity contribution >= 4 is 45.7 Å². The normalized spacial score (nSPS) is 17.2. The van der Waals surface area contributed by atoms with Gasteiger partial charge in [0.1, 0.15) is 0 Å². The highest BCUT2D eigenvalue weighted by atomic mass is 32.2. The first-order valence-corrected chi connectivity index (χ1v) is 9.18. The zero-order valence-electron chi connectivity index (χ0n) is 14.0. The Balaban J connectivity index is 1.89. The smallest absolute Gasteiger partial charge is 0.187 e. The van der Waals surface area contributed by atoms with Gasteiger partial charge in [-0.1, -0.05) is 36.9 Å². The van der Waals surface area contributed by atoms with Crippen LogP contribution in [0.15, 0.2) is 47.0 Å². The number of rotatable bonds is 6. The van der Waals surface area contributed by atoms with E-state index in [-0.39, 0.29) is 0 Å². The fourth-order valence-corrected chi connectivity index (χ4v) is 3.11. The highest BCUT2D eigenvalue weighted by molar-refractivity contribution is 8.15. The minimum atomic E-state index is 0.481. The molecule has 24 heavy (non-hydrogen) atoms. The number of amidine groups is 1. The van der Waals surface area contributed by atoms with E-state index >= 15 is 0 Å². The third-order valence-electron chi connectivity index (χ3n) is 3.46. The highest BCUT2D eigenvalue weighted by Gasteiger charge is 2.17. The Kier molecular flexibility index (Phi) is 7.27. The van der Waals surface area contributed by atoms with Crippen LogP contribution >= 0.6 is 24.0 Å². The van der Waals surface area contributed by atoms with Gasteiger partial charge in [0.05, 0.1) is 12.3 Å². The number of hydrogen-bond donors (Lipinski definition) is 3. The molecule has 3 N–H and O–H groups in total. The molecule has 0 saturated carbocycles. The monoisotopic (exact) mass is 361 g/mol. The fraction of sp³-hybridized carbons (Fsp3) is 0.353. The lowest BCUT2D eigenvalue weighted by atomic mass is 10.1. The summed E-state index contributed by atoms with van der Waals surface area (Å²) in [5.41, 5.74) is 5.75. The summed E-state index contributed by atoms with van der Waals surface area (Å²) < 4.78 is 0. The molecular formula is C17H23N5S2. The molecule has 0 fully saturated rings. The lowest BCUT2D eigenvalue weighted by Gasteiger charge is -2.09. The molecule has 0 amide bonds. The van der Waals surface area contributed by atoms with Crippen LogP contribution in [0.5, 0.6) is 0 Å². The lowest BCUT2D eigenvalue weighted by molar-refractivity contribution is 0.843. The number of anilines is 1. The predicted octanol–water partition coefficient (Wildman–Crippen LogP) is 3.35. The van der Waals surface area contributed by atoms with Crippen molar-refractivity contribution in [3.05, 3.63) is 42.5 Å². The van der Waals surface area contributed by atoms with E-state index in [1.54, 1.807) is 6.08 Å². The molecule has 1 aliphatic rings. The molecule has 0 unspecified atom stereocenters. The van der Waals surface area contributed by atoms with Gasteiger partial charge in [-0.15, -0.1) is 6.58 Å². The van der Waals surface area contributed by atoms with Crippen molar-refractivity contribution in [2.75, 3.05) is 18.4 Å². The van der Waals surface area contributed by atoms with Crippen LogP contribution in [0.1, 0.15) is 25.8 Å². The summed E-state index contributed by atoms with van der Waals surface area (Å²) in [5.74, 6) is 0. The molecule has 5 nitrogen and oxygen atoms in total. The number of hydrazone groups is 1. The summed E-state index contributed by atoms with van der Waals surface area (Å²) in [6.45, 7) is 9.27. The first-order valence-electron chi connectivity index (χ1n) is 7.90. The number of thiocarbonyl (C=S) groups is 1. The maximum Gasteiger partial charge on any atom is 0.187 e. The van der Waals surface area contributed by atoms with Crippen LogP contribution in [-0.2, 0) is 0 Å². The van der Waals surface area contributed by atoms with E-state index in [4.69, 9.17) is 12.2 Å². The van der Waals surface area contributed by atoms with Crippen LogP contribution < -0.4 is 16.1 Å². The molecule has 0 bridgehead atoms. The molecule has 128 valence electrons. The van der Waals surface area contributed by atoms with Crippen molar-refractivity contribution in [3.8, 4) is 0 Å². The summed E-state index contributed by atoms with van der Waals surface area (Å²) >= 11 is 6.92. The number of aliphatic imine (C=N–C) groups is 1. The van der Waals surface area contributed by atoms with Crippen molar-refractivity contribution in [3.63, 3.8) is 0 Å². The van der Waals surface area contributed by atoms with Gasteiger partial charge < -0.3 is 10.6 Å². The van der Waals surface area contributed by atoms with E-state index in [1.165, 1.54) is 0 Å². The molecule has 1 heterocycles. The highest BCUT2D eigenvalue weighted by Crippen LogP contribution is 2.24. The molecule has 0 saturated heterocycles. The maximum atomic E-state index is 5.11. The van der Waals surface area contributed by atoms with Crippen LogP contribution in [0.2, 0.25) is 0 Å². The summed E-state index contributed by atoms with van der Waals surface area (Å²) in [6.07, 6.45) is 2.89. The second-order valence-corrected chi connectivity index (χ2v) is 7.00. The zero-order valence-corrected chi connectivity index (χ0v) is 15.6. The zero-order chi connectivity index (χ0) is 17.4. The molecule has 0 aromatic heterocycles. The molecule has 1 aromatic rings. The summed E-state index contributed by atoms with van der Waals surface area (Å²) in [6, 6.07) is 8.12.